The average molecular weight is 551 g/mol. The first-order chi connectivity index (χ1) is 18.2. The molecule has 0 unspecified atom stereocenters. The third-order valence-corrected chi connectivity index (χ3v) is 5.51. The van der Waals surface area contributed by atoms with Crippen molar-refractivity contribution in [2.24, 2.45) is 0 Å². The van der Waals surface area contributed by atoms with Gasteiger partial charge in [0.25, 0.3) is 0 Å². The molecule has 8 nitrogen and oxygen atoms in total. The fourth-order valence-electron chi connectivity index (χ4n) is 3.60. The van der Waals surface area contributed by atoms with Crippen LogP contribution in [0, 0.1) is 0 Å². The summed E-state index contributed by atoms with van der Waals surface area (Å²) in [7, 11) is 0. The van der Waals surface area contributed by atoms with E-state index in [9.17, 15) is 29.4 Å². The van der Waals surface area contributed by atoms with Crippen molar-refractivity contribution in [2.45, 2.75) is 12.8 Å². The van der Waals surface area contributed by atoms with Crippen LogP contribution in [0.3, 0.4) is 0 Å². The molecule has 0 heterocycles. The maximum absolute atomic E-state index is 12.0. The summed E-state index contributed by atoms with van der Waals surface area (Å²) in [5.41, 5.74) is 0.658. The first-order valence-electron chi connectivity index (χ1n) is 11.4. The monoisotopic (exact) mass is 550 g/mol. The number of ketones is 2. The molecule has 0 aliphatic carbocycles. The first-order valence-corrected chi connectivity index (χ1v) is 11.4. The molecule has 0 bridgehead atoms. The van der Waals surface area contributed by atoms with Crippen LogP contribution < -0.4 is 10.2 Å². The maximum Gasteiger partial charge on any atom is 2.00 e. The summed E-state index contributed by atoms with van der Waals surface area (Å²) in [5, 5.41) is 41.4. The molecule has 0 aromatic heterocycles. The third-order valence-electron chi connectivity index (χ3n) is 5.51. The minimum atomic E-state index is -1.32. The predicted molar refractivity (Wildman–Crippen MR) is 140 cm³/mol. The second-order valence-electron chi connectivity index (χ2n) is 8.15. The molecule has 4 aromatic carbocycles. The molecule has 0 radical (unpaired) electrons. The summed E-state index contributed by atoms with van der Waals surface area (Å²) in [6, 6.07) is 25.9. The summed E-state index contributed by atoms with van der Waals surface area (Å²) in [6.07, 6.45) is 0.165. The van der Waals surface area contributed by atoms with Crippen LogP contribution in [-0.2, 0) is 12.8 Å². The molecule has 0 spiro atoms. The van der Waals surface area contributed by atoms with E-state index in [2.05, 4.69) is 0 Å². The third kappa shape index (κ3) is 8.51. The number of hydrogen-bond donors (Lipinski definition) is 2. The number of Topliss-reactive ketones (excluding diaryl/α,β-unsaturated/α-hetero) is 2. The van der Waals surface area contributed by atoms with Gasteiger partial charge < -0.3 is 20.4 Å². The van der Waals surface area contributed by atoms with Crippen molar-refractivity contribution in [1.29, 1.82) is 0 Å². The number of carboxylic acid groups (broad SMARTS) is 2. The molecule has 0 amide bonds. The van der Waals surface area contributed by atoms with E-state index in [-0.39, 0.29) is 84.4 Å². The van der Waals surface area contributed by atoms with Gasteiger partial charge in [-0.05, 0) is 23.3 Å². The van der Waals surface area contributed by atoms with Crippen molar-refractivity contribution in [1.82, 2.24) is 0 Å². The van der Waals surface area contributed by atoms with Gasteiger partial charge in [-0.15, -0.1) is 0 Å². The van der Waals surface area contributed by atoms with Crippen LogP contribution in [0.2, 0.25) is 0 Å². The zero-order valence-corrected chi connectivity index (χ0v) is 22.9. The second-order valence-corrected chi connectivity index (χ2v) is 8.15. The molecule has 192 valence electrons. The number of rotatable bonds is 8. The number of carbonyl (C=O) groups is 4. The Kier molecular flexibility index (Phi) is 11.9. The molecule has 4 rings (SSSR count). The SMILES string of the molecule is O=C(O)c1cccc(C(=O)Cc2ccccc2)c1[O-].O=C(O)c1cccc(C(=O)Cc2ccccc2)c1[O-].[Ca+2]. The number of aromatic carboxylic acids is 2. The number of carboxylic acids is 2. The zero-order chi connectivity index (χ0) is 27.7. The van der Waals surface area contributed by atoms with E-state index in [0.29, 0.717) is 0 Å². The molecule has 0 aliphatic heterocycles. The van der Waals surface area contributed by atoms with Gasteiger partial charge in [0.2, 0.25) is 0 Å². The van der Waals surface area contributed by atoms with Crippen LogP contribution in [0.1, 0.15) is 52.6 Å². The minimum Gasteiger partial charge on any atom is -0.871 e. The second kappa shape index (κ2) is 14.8. The molecule has 0 atom stereocenters. The number of para-hydroxylation sites is 2. The van der Waals surface area contributed by atoms with Crippen LogP contribution in [0.5, 0.6) is 11.5 Å². The van der Waals surface area contributed by atoms with E-state index >= 15 is 0 Å². The Morgan fingerprint density at radius 3 is 1.10 bits per heavy atom. The standard InChI is InChI=1S/2C15H12O4.Ca/c2*16-13(9-10-5-2-1-3-6-10)11-7-4-8-12(14(11)17)15(18)19;/h2*1-8,17H,9H2,(H,18,19);/q;;+2/p-2. The fraction of sp³-hybridized carbons (Fsp3) is 0.0667. The normalized spacial score (nSPS) is 9.85. The van der Waals surface area contributed by atoms with Gasteiger partial charge in [-0.1, -0.05) is 96.4 Å². The van der Waals surface area contributed by atoms with E-state index < -0.39 is 23.4 Å². The summed E-state index contributed by atoms with van der Waals surface area (Å²) in [4.78, 5) is 45.7. The van der Waals surface area contributed by atoms with Gasteiger partial charge in [0.05, 0.1) is 11.1 Å². The Hall–Kier alpha value is -3.98. The Balaban J connectivity index is 0.000000267. The summed E-state index contributed by atoms with van der Waals surface area (Å²) in [5.74, 6) is -4.84. The predicted octanol–water partition coefficient (Wildman–Crippen LogP) is 3.39. The van der Waals surface area contributed by atoms with Crippen molar-refractivity contribution in [3.8, 4) is 11.5 Å². The topological polar surface area (TPSA) is 155 Å². The van der Waals surface area contributed by atoms with E-state index in [1.807, 2.05) is 12.1 Å². The fourth-order valence-corrected chi connectivity index (χ4v) is 3.60. The Bertz CT molecular complexity index is 1350. The van der Waals surface area contributed by atoms with Crippen molar-refractivity contribution >= 4 is 61.2 Å². The van der Waals surface area contributed by atoms with Gasteiger partial charge in [-0.3, -0.25) is 9.59 Å². The summed E-state index contributed by atoms with van der Waals surface area (Å²) in [6.45, 7) is 0. The molecular formula is C30H22CaO8. The molecule has 0 saturated heterocycles. The van der Waals surface area contributed by atoms with Crippen LogP contribution in [0.4, 0.5) is 0 Å². The smallest absolute Gasteiger partial charge is 0.871 e. The molecule has 4 aromatic rings. The van der Waals surface area contributed by atoms with E-state index in [0.717, 1.165) is 11.1 Å². The first kappa shape index (κ1) is 31.2. The molecule has 0 saturated carbocycles. The Morgan fingerprint density at radius 2 is 0.795 bits per heavy atom. The van der Waals surface area contributed by atoms with Crippen LogP contribution in [-0.4, -0.2) is 71.5 Å². The van der Waals surface area contributed by atoms with Crippen LogP contribution in [0.25, 0.3) is 0 Å². The van der Waals surface area contributed by atoms with Gasteiger partial charge in [-0.2, -0.15) is 0 Å². The van der Waals surface area contributed by atoms with Crippen molar-refractivity contribution in [3.63, 3.8) is 0 Å². The van der Waals surface area contributed by atoms with Gasteiger partial charge in [0.15, 0.2) is 11.6 Å². The van der Waals surface area contributed by atoms with E-state index in [4.69, 9.17) is 10.2 Å². The van der Waals surface area contributed by atoms with Crippen LogP contribution in [0.15, 0.2) is 97.1 Å². The molecule has 2 N–H and O–H groups in total. The Labute approximate surface area is 254 Å². The van der Waals surface area contributed by atoms with Gasteiger partial charge in [-0.25, -0.2) is 9.59 Å². The van der Waals surface area contributed by atoms with Crippen LogP contribution >= 0.6 is 0 Å². The molecule has 0 aliphatic rings. The quantitative estimate of drug-likeness (QED) is 0.250. The van der Waals surface area contributed by atoms with E-state index in [1.54, 1.807) is 48.5 Å². The van der Waals surface area contributed by atoms with E-state index in [1.165, 1.54) is 36.4 Å². The molecule has 9 heteroatoms. The number of hydrogen-bond acceptors (Lipinski definition) is 6. The number of carbonyl (C=O) groups excluding carboxylic acids is 2. The Morgan fingerprint density at radius 1 is 0.487 bits per heavy atom. The van der Waals surface area contributed by atoms with Gasteiger partial charge >= 0.3 is 49.7 Å². The minimum absolute atomic E-state index is 0. The van der Waals surface area contributed by atoms with Gasteiger partial charge in [0.1, 0.15) is 0 Å². The number of benzene rings is 4. The average Bonchev–Trinajstić information content (AvgIpc) is 2.90. The molecular weight excluding hydrogens is 528 g/mol. The largest absolute Gasteiger partial charge is 2.00 e. The summed E-state index contributed by atoms with van der Waals surface area (Å²) < 4.78 is 0. The maximum atomic E-state index is 12.0. The zero-order valence-electron chi connectivity index (χ0n) is 20.7. The molecule has 39 heavy (non-hydrogen) atoms. The molecule has 0 fully saturated rings. The van der Waals surface area contributed by atoms with Crippen molar-refractivity contribution in [2.75, 3.05) is 0 Å². The van der Waals surface area contributed by atoms with Crippen molar-refractivity contribution < 1.29 is 39.6 Å². The van der Waals surface area contributed by atoms with Crippen molar-refractivity contribution in [3.05, 3.63) is 130 Å². The summed E-state index contributed by atoms with van der Waals surface area (Å²) >= 11 is 0. The van der Waals surface area contributed by atoms with Gasteiger partial charge in [0, 0.05) is 24.0 Å².